The lowest BCUT2D eigenvalue weighted by Gasteiger charge is -2.24. The molecule has 0 aliphatic heterocycles. The van der Waals surface area contributed by atoms with Gasteiger partial charge in [-0.25, -0.2) is 17.6 Å². The molecule has 0 radical (unpaired) electrons. The Kier molecular flexibility index (Phi) is 6.84. The molecule has 0 aliphatic carbocycles. The molecule has 0 saturated carbocycles. The molecule has 0 bridgehead atoms. The average Bonchev–Trinajstić information content (AvgIpc) is 2.66. The molecule has 4 nitrogen and oxygen atoms in total. The molecule has 0 aliphatic rings. The zero-order valence-electron chi connectivity index (χ0n) is 14.2. The van der Waals surface area contributed by atoms with E-state index >= 15 is 0 Å². The van der Waals surface area contributed by atoms with E-state index in [2.05, 4.69) is 9.47 Å². The van der Waals surface area contributed by atoms with Crippen LogP contribution in [0.3, 0.4) is 0 Å². The van der Waals surface area contributed by atoms with Crippen LogP contribution in [0.1, 0.15) is 10.8 Å². The van der Waals surface area contributed by atoms with Gasteiger partial charge in [-0.1, -0.05) is 0 Å². The Bertz CT molecular complexity index is 826. The van der Waals surface area contributed by atoms with E-state index in [0.717, 1.165) is 26.4 Å². The van der Waals surface area contributed by atoms with E-state index < -0.39 is 51.9 Å². The van der Waals surface area contributed by atoms with Crippen LogP contribution in [0.2, 0.25) is 0 Å². The van der Waals surface area contributed by atoms with Crippen LogP contribution in [0.25, 0.3) is 0 Å². The Hall–Kier alpha value is -2.55. The molecule has 0 saturated heterocycles. The van der Waals surface area contributed by atoms with E-state index in [1.54, 1.807) is 0 Å². The van der Waals surface area contributed by atoms with Gasteiger partial charge >= 0.3 is 11.9 Å². The molecule has 2 rings (SSSR count). The molecule has 2 aromatic rings. The van der Waals surface area contributed by atoms with Crippen molar-refractivity contribution >= 4 is 23.7 Å². The van der Waals surface area contributed by atoms with Gasteiger partial charge in [0.1, 0.15) is 11.6 Å². The Morgan fingerprint density at radius 1 is 0.852 bits per heavy atom. The summed E-state index contributed by atoms with van der Waals surface area (Å²) in [5, 5.41) is -1.56. The number of halogens is 4. The Morgan fingerprint density at radius 2 is 1.37 bits per heavy atom. The molecule has 27 heavy (non-hydrogen) atoms. The highest BCUT2D eigenvalue weighted by atomic mass is 32.2. The second-order valence-corrected chi connectivity index (χ2v) is 6.49. The minimum atomic E-state index is -1.79. The van der Waals surface area contributed by atoms with Crippen LogP contribution < -0.4 is 0 Å². The number of hydrogen-bond donors (Lipinski definition) is 0. The summed E-state index contributed by atoms with van der Waals surface area (Å²) in [5.74, 6) is -8.66. The van der Waals surface area contributed by atoms with Crippen molar-refractivity contribution in [3.05, 3.63) is 65.2 Å². The van der Waals surface area contributed by atoms with Crippen molar-refractivity contribution < 1.29 is 36.6 Å². The first-order valence-corrected chi connectivity index (χ1v) is 8.39. The third kappa shape index (κ3) is 4.60. The quantitative estimate of drug-likeness (QED) is 0.240. The van der Waals surface area contributed by atoms with Gasteiger partial charge in [0.15, 0.2) is 17.6 Å². The average molecular weight is 402 g/mol. The standard InChI is InChI=1S/C18H14F4O4S/c1-25-17(23)14(18(24)26-2)16(27-10-5-3-9(19)4-6-10)13-11(20)7-8-12(21)15(13)22/h3-8,14,16H,1-2H3. The molecule has 0 aromatic heterocycles. The van der Waals surface area contributed by atoms with Gasteiger partial charge in [0, 0.05) is 10.5 Å². The number of carbonyl (C=O) groups excluding carboxylic acids is 2. The highest BCUT2D eigenvalue weighted by molar-refractivity contribution is 7.99. The molecular formula is C18H14F4O4S. The fraction of sp³-hybridized carbons (Fsp3) is 0.222. The summed E-state index contributed by atoms with van der Waals surface area (Å²) >= 11 is 0.668. The predicted molar refractivity (Wildman–Crippen MR) is 88.8 cm³/mol. The molecule has 0 N–H and O–H groups in total. The van der Waals surface area contributed by atoms with Gasteiger partial charge in [0.2, 0.25) is 0 Å². The largest absolute Gasteiger partial charge is 0.468 e. The van der Waals surface area contributed by atoms with E-state index in [9.17, 15) is 27.2 Å². The Labute approximate surface area is 156 Å². The zero-order valence-corrected chi connectivity index (χ0v) is 15.0. The Morgan fingerprint density at radius 3 is 1.89 bits per heavy atom. The molecule has 9 heteroatoms. The summed E-state index contributed by atoms with van der Waals surface area (Å²) in [6.07, 6.45) is 0. The third-order valence-electron chi connectivity index (χ3n) is 3.65. The molecular weight excluding hydrogens is 388 g/mol. The lowest BCUT2D eigenvalue weighted by atomic mass is 9.97. The zero-order chi connectivity index (χ0) is 20.1. The van der Waals surface area contributed by atoms with Gasteiger partial charge in [-0.3, -0.25) is 9.59 Å². The number of methoxy groups -OCH3 is 2. The molecule has 2 aromatic carbocycles. The highest BCUT2D eigenvalue weighted by Gasteiger charge is 2.41. The third-order valence-corrected chi connectivity index (χ3v) is 4.96. The molecule has 0 spiro atoms. The first-order chi connectivity index (χ1) is 12.8. The molecule has 144 valence electrons. The number of esters is 2. The van der Waals surface area contributed by atoms with Crippen molar-refractivity contribution in [2.45, 2.75) is 10.1 Å². The van der Waals surface area contributed by atoms with E-state index in [-0.39, 0.29) is 4.90 Å². The van der Waals surface area contributed by atoms with Crippen molar-refractivity contribution in [3.8, 4) is 0 Å². The second-order valence-electron chi connectivity index (χ2n) is 5.27. The predicted octanol–water partition coefficient (Wildman–Crippen LogP) is 4.04. The number of rotatable bonds is 6. The topological polar surface area (TPSA) is 52.6 Å². The normalized spacial score (nSPS) is 12.0. The van der Waals surface area contributed by atoms with Gasteiger partial charge in [-0.15, -0.1) is 11.8 Å². The van der Waals surface area contributed by atoms with Gasteiger partial charge in [-0.05, 0) is 36.4 Å². The van der Waals surface area contributed by atoms with E-state index in [1.807, 2.05) is 0 Å². The summed E-state index contributed by atoms with van der Waals surface area (Å²) in [6.45, 7) is 0. The maximum absolute atomic E-state index is 14.4. The molecule has 0 fully saturated rings. The van der Waals surface area contributed by atoms with Crippen LogP contribution >= 0.6 is 11.8 Å². The number of hydrogen-bond acceptors (Lipinski definition) is 5. The number of ether oxygens (including phenoxy) is 2. The van der Waals surface area contributed by atoms with Crippen LogP contribution in [0.4, 0.5) is 17.6 Å². The van der Waals surface area contributed by atoms with Crippen LogP contribution in [-0.4, -0.2) is 26.2 Å². The van der Waals surface area contributed by atoms with Crippen molar-refractivity contribution in [2.75, 3.05) is 14.2 Å². The van der Waals surface area contributed by atoms with Gasteiger partial charge < -0.3 is 9.47 Å². The Balaban J connectivity index is 2.63. The number of carbonyl (C=O) groups is 2. The molecule has 0 heterocycles. The van der Waals surface area contributed by atoms with Crippen molar-refractivity contribution in [3.63, 3.8) is 0 Å². The van der Waals surface area contributed by atoms with Gasteiger partial charge in [-0.2, -0.15) is 0 Å². The minimum absolute atomic E-state index is 0.280. The van der Waals surface area contributed by atoms with Crippen LogP contribution in [0, 0.1) is 29.2 Å². The van der Waals surface area contributed by atoms with E-state index in [1.165, 1.54) is 12.1 Å². The van der Waals surface area contributed by atoms with Gasteiger partial charge in [0.05, 0.1) is 19.5 Å². The maximum atomic E-state index is 14.4. The smallest absolute Gasteiger partial charge is 0.321 e. The van der Waals surface area contributed by atoms with E-state index in [0.29, 0.717) is 23.9 Å². The van der Waals surface area contributed by atoms with Crippen LogP contribution in [0.15, 0.2) is 41.3 Å². The first kappa shape index (κ1) is 20.8. The van der Waals surface area contributed by atoms with Crippen LogP contribution in [-0.2, 0) is 19.1 Å². The number of benzene rings is 2. The fourth-order valence-electron chi connectivity index (χ4n) is 2.35. The molecule has 1 unspecified atom stereocenters. The second kappa shape index (κ2) is 8.90. The number of thioether (sulfide) groups is 1. The van der Waals surface area contributed by atoms with E-state index in [4.69, 9.17) is 0 Å². The minimum Gasteiger partial charge on any atom is -0.468 e. The lowest BCUT2D eigenvalue weighted by molar-refractivity contribution is -0.158. The highest BCUT2D eigenvalue weighted by Crippen LogP contribution is 2.44. The van der Waals surface area contributed by atoms with Crippen LogP contribution in [0.5, 0.6) is 0 Å². The summed E-state index contributed by atoms with van der Waals surface area (Å²) in [6, 6.07) is 6.00. The first-order valence-electron chi connectivity index (χ1n) is 7.51. The molecule has 1 atom stereocenters. The molecule has 0 amide bonds. The summed E-state index contributed by atoms with van der Waals surface area (Å²) < 4.78 is 64.7. The summed E-state index contributed by atoms with van der Waals surface area (Å²) in [5.41, 5.74) is -0.829. The maximum Gasteiger partial charge on any atom is 0.321 e. The van der Waals surface area contributed by atoms with Gasteiger partial charge in [0.25, 0.3) is 0 Å². The van der Waals surface area contributed by atoms with Crippen molar-refractivity contribution in [1.29, 1.82) is 0 Å². The summed E-state index contributed by atoms with van der Waals surface area (Å²) in [4.78, 5) is 24.6. The lowest BCUT2D eigenvalue weighted by Crippen LogP contribution is -2.32. The van der Waals surface area contributed by atoms with Crippen molar-refractivity contribution in [2.24, 2.45) is 5.92 Å². The fourth-order valence-corrected chi connectivity index (χ4v) is 3.63. The summed E-state index contributed by atoms with van der Waals surface area (Å²) in [7, 11) is 1.96. The monoisotopic (exact) mass is 402 g/mol. The van der Waals surface area contributed by atoms with Crippen molar-refractivity contribution in [1.82, 2.24) is 0 Å². The SMILES string of the molecule is COC(=O)C(C(=O)OC)C(Sc1ccc(F)cc1)c1c(F)ccc(F)c1F.